The lowest BCUT2D eigenvalue weighted by atomic mass is 9.83. The Balaban J connectivity index is 1.29. The van der Waals surface area contributed by atoms with Crippen LogP contribution in [0.3, 0.4) is 0 Å². The molecule has 9 nitrogen and oxygen atoms in total. The van der Waals surface area contributed by atoms with Crippen LogP contribution < -0.4 is 24.6 Å². The third-order valence-electron chi connectivity index (χ3n) is 7.65. The van der Waals surface area contributed by atoms with Crippen LogP contribution in [0.5, 0.6) is 11.5 Å². The lowest BCUT2D eigenvalue weighted by Gasteiger charge is -2.30. The van der Waals surface area contributed by atoms with Crippen molar-refractivity contribution in [3.05, 3.63) is 98.0 Å². The first-order valence-electron chi connectivity index (χ1n) is 13.9. The number of ether oxygens (including phenoxy) is 2. The molecule has 17 heteroatoms. The molecule has 3 amide bonds. The lowest BCUT2D eigenvalue weighted by molar-refractivity contribution is -0.138. The number of nitrogens with zero attached hydrogens (tertiary/aromatic N) is 1. The van der Waals surface area contributed by atoms with Gasteiger partial charge in [-0.05, 0) is 48.0 Å². The minimum Gasteiger partial charge on any atom is -0.493 e. The second-order valence-electron chi connectivity index (χ2n) is 10.6. The predicted molar refractivity (Wildman–Crippen MR) is 162 cm³/mol. The number of amides is 3. The van der Waals surface area contributed by atoms with Crippen LogP contribution in [0.25, 0.3) is 0 Å². The Bertz CT molecular complexity index is 1990. The minimum atomic E-state index is -4.85. The number of fused-ring (bicyclic) bond motifs is 2. The number of nitrogens with one attached hydrogen (secondary N) is 2. The number of alkyl halides is 6. The van der Waals surface area contributed by atoms with Gasteiger partial charge >= 0.3 is 17.2 Å². The van der Waals surface area contributed by atoms with Crippen LogP contribution in [-0.4, -0.2) is 41.7 Å². The van der Waals surface area contributed by atoms with E-state index >= 15 is 0 Å². The summed E-state index contributed by atoms with van der Waals surface area (Å²) in [4.78, 5) is 55.6. The van der Waals surface area contributed by atoms with E-state index in [-0.39, 0.29) is 17.2 Å². The van der Waals surface area contributed by atoms with Crippen molar-refractivity contribution in [1.82, 2.24) is 4.98 Å². The molecule has 3 heterocycles. The maximum Gasteiger partial charge on any atom is 0.418 e. The van der Waals surface area contributed by atoms with E-state index in [1.807, 2.05) is 0 Å². The van der Waals surface area contributed by atoms with Crippen LogP contribution >= 0.6 is 23.1 Å². The van der Waals surface area contributed by atoms with Crippen molar-refractivity contribution in [1.29, 1.82) is 0 Å². The summed E-state index contributed by atoms with van der Waals surface area (Å²) in [7, 11) is 1.29. The summed E-state index contributed by atoms with van der Waals surface area (Å²) in [5.41, 5.74) is -2.45. The van der Waals surface area contributed by atoms with Gasteiger partial charge in [0, 0.05) is 16.5 Å². The number of imide groups is 1. The molecule has 3 aromatic carbocycles. The van der Waals surface area contributed by atoms with Crippen molar-refractivity contribution in [2.45, 2.75) is 28.5 Å². The van der Waals surface area contributed by atoms with Crippen molar-refractivity contribution in [3.63, 3.8) is 0 Å². The molecule has 2 aliphatic rings. The number of para-hydroxylation sites is 1. The minimum absolute atomic E-state index is 0.0409. The fraction of sp³-hybridized carbons (Fsp3) is 0.226. The van der Waals surface area contributed by atoms with Crippen LogP contribution in [0.2, 0.25) is 0 Å². The standard InChI is InChI=1S/C31H21F6N3O6S2/c1-45-20-11-14(9-10-19(20)46-13-21(41)38-16-6-4-5-15(12-16)30(32,33)34)22-23-25(47-26-24(22)48-29(44)39-26)28(43)40(27(23)42)18-8-3-2-7-17(18)31(35,36)37/h2-12,22-23,25H,13H2,1H3,(H,38,41)(H,39,44)/t22-,23?,25?/m1/s1. The number of carbonyl (C=O) groups excluding carboxylic acids is 3. The maximum atomic E-state index is 13.9. The average Bonchev–Trinajstić information content (AvgIpc) is 3.53. The number of halogens is 6. The van der Waals surface area contributed by atoms with Gasteiger partial charge in [-0.15, -0.1) is 0 Å². The molecule has 0 saturated carbocycles. The summed E-state index contributed by atoms with van der Waals surface area (Å²) >= 11 is 1.69. The molecule has 0 aliphatic carbocycles. The highest BCUT2D eigenvalue weighted by molar-refractivity contribution is 8.00. The van der Waals surface area contributed by atoms with Crippen LogP contribution in [0.1, 0.15) is 27.5 Å². The highest BCUT2D eigenvalue weighted by Gasteiger charge is 2.57. The van der Waals surface area contributed by atoms with Crippen molar-refractivity contribution in [2.75, 3.05) is 23.9 Å². The fourth-order valence-corrected chi connectivity index (χ4v) is 8.15. The lowest BCUT2D eigenvalue weighted by Crippen LogP contribution is -2.33. The SMILES string of the molecule is COc1cc([C@H]2c3sc(=O)[nH]c3SC3C(=O)N(c4ccccc4C(F)(F)F)C(=O)C32)ccc1OCC(=O)Nc1cccc(C(F)(F)F)c1. The average molecular weight is 710 g/mol. The first-order chi connectivity index (χ1) is 22.7. The Kier molecular flexibility index (Phi) is 8.53. The molecule has 1 saturated heterocycles. The molecule has 2 aliphatic heterocycles. The zero-order valence-electron chi connectivity index (χ0n) is 24.3. The summed E-state index contributed by atoms with van der Waals surface area (Å²) in [5, 5.41) is 1.46. The molecule has 0 bridgehead atoms. The zero-order valence-corrected chi connectivity index (χ0v) is 25.9. The number of anilines is 2. The Morgan fingerprint density at radius 2 is 1.67 bits per heavy atom. The summed E-state index contributed by atoms with van der Waals surface area (Å²) in [6.07, 6.45) is -9.46. The molecule has 6 rings (SSSR count). The molecule has 0 radical (unpaired) electrons. The Morgan fingerprint density at radius 1 is 0.917 bits per heavy atom. The van der Waals surface area contributed by atoms with Gasteiger partial charge in [0.05, 0.1) is 34.9 Å². The number of benzene rings is 3. The molecular weight excluding hydrogens is 688 g/mol. The molecule has 3 atom stereocenters. The van der Waals surface area contributed by atoms with Crippen molar-refractivity contribution in [3.8, 4) is 11.5 Å². The van der Waals surface area contributed by atoms with E-state index in [4.69, 9.17) is 9.47 Å². The number of thiazole rings is 1. The normalized spacial score (nSPS) is 19.1. The highest BCUT2D eigenvalue weighted by atomic mass is 32.2. The largest absolute Gasteiger partial charge is 0.493 e. The summed E-state index contributed by atoms with van der Waals surface area (Å²) in [6.45, 7) is -0.624. The smallest absolute Gasteiger partial charge is 0.418 e. The number of hydrogen-bond acceptors (Lipinski definition) is 8. The first-order valence-corrected chi connectivity index (χ1v) is 15.6. The Hall–Kier alpha value is -4.77. The summed E-state index contributed by atoms with van der Waals surface area (Å²) < 4.78 is 91.8. The summed E-state index contributed by atoms with van der Waals surface area (Å²) in [6, 6.07) is 12.7. The molecule has 1 fully saturated rings. The Morgan fingerprint density at radius 3 is 2.38 bits per heavy atom. The number of hydrogen-bond donors (Lipinski definition) is 2. The second kappa shape index (κ2) is 12.4. The van der Waals surface area contributed by atoms with E-state index in [1.165, 1.54) is 37.4 Å². The molecule has 0 spiro atoms. The summed E-state index contributed by atoms with van der Waals surface area (Å²) in [5.74, 6) is -4.57. The molecule has 250 valence electrons. The van der Waals surface area contributed by atoms with Gasteiger partial charge in [0.15, 0.2) is 18.1 Å². The third-order valence-corrected chi connectivity index (χ3v) is 10.1. The van der Waals surface area contributed by atoms with E-state index in [2.05, 4.69) is 10.3 Å². The molecular formula is C31H21F6N3O6S2. The van der Waals surface area contributed by atoms with Gasteiger partial charge in [-0.25, -0.2) is 4.90 Å². The second-order valence-corrected chi connectivity index (χ2v) is 12.8. The van der Waals surface area contributed by atoms with Crippen molar-refractivity contribution in [2.24, 2.45) is 5.92 Å². The third kappa shape index (κ3) is 6.14. The number of thioether (sulfide) groups is 1. The van der Waals surface area contributed by atoms with E-state index in [1.54, 1.807) is 0 Å². The predicted octanol–water partition coefficient (Wildman–Crippen LogP) is 6.30. The van der Waals surface area contributed by atoms with Crippen molar-refractivity contribution >= 4 is 52.2 Å². The van der Waals surface area contributed by atoms with Gasteiger partial charge in [-0.2, -0.15) is 26.3 Å². The number of methoxy groups -OCH3 is 1. The maximum absolute atomic E-state index is 13.9. The molecule has 1 aromatic heterocycles. The quantitative estimate of drug-likeness (QED) is 0.171. The van der Waals surface area contributed by atoms with Crippen LogP contribution in [0.15, 0.2) is 76.6 Å². The van der Waals surface area contributed by atoms with Crippen molar-refractivity contribution < 1.29 is 50.2 Å². The van der Waals surface area contributed by atoms with Crippen LogP contribution in [-0.2, 0) is 26.7 Å². The van der Waals surface area contributed by atoms with Gasteiger partial charge in [-0.1, -0.05) is 47.4 Å². The molecule has 48 heavy (non-hydrogen) atoms. The monoisotopic (exact) mass is 709 g/mol. The number of aromatic amines is 1. The van der Waals surface area contributed by atoms with E-state index < -0.39 is 75.5 Å². The number of carbonyl (C=O) groups is 3. The van der Waals surface area contributed by atoms with Crippen LogP contribution in [0.4, 0.5) is 37.7 Å². The number of H-pyrrole nitrogens is 1. The van der Waals surface area contributed by atoms with Gasteiger partial charge in [0.25, 0.3) is 5.91 Å². The van der Waals surface area contributed by atoms with Gasteiger partial charge in [0.2, 0.25) is 11.8 Å². The number of rotatable bonds is 7. The van der Waals surface area contributed by atoms with Gasteiger partial charge < -0.3 is 19.8 Å². The zero-order chi connectivity index (χ0) is 34.5. The molecule has 4 aromatic rings. The molecule has 2 N–H and O–H groups in total. The Labute approximate surface area is 274 Å². The van der Waals surface area contributed by atoms with Gasteiger partial charge in [-0.3, -0.25) is 19.2 Å². The topological polar surface area (TPSA) is 118 Å². The van der Waals surface area contributed by atoms with Gasteiger partial charge in [0.1, 0.15) is 5.25 Å². The van der Waals surface area contributed by atoms with E-state index in [9.17, 15) is 45.5 Å². The fourth-order valence-electron chi connectivity index (χ4n) is 5.63. The highest BCUT2D eigenvalue weighted by Crippen LogP contribution is 2.54. The van der Waals surface area contributed by atoms with E-state index in [0.29, 0.717) is 20.4 Å². The number of aromatic nitrogens is 1. The first kappa shape index (κ1) is 33.1. The van der Waals surface area contributed by atoms with Crippen LogP contribution in [0, 0.1) is 5.92 Å². The van der Waals surface area contributed by atoms with E-state index in [0.717, 1.165) is 59.5 Å². The molecule has 2 unspecified atom stereocenters.